The first-order valence-electron chi connectivity index (χ1n) is 5.70. The SMILES string of the molecule is NCC1CN(Cc2cc(Cl)ccc2O)CCO1. The largest absolute Gasteiger partial charge is 0.508 e. The van der Waals surface area contributed by atoms with Crippen molar-refractivity contribution in [2.45, 2.75) is 12.6 Å². The van der Waals surface area contributed by atoms with Gasteiger partial charge < -0.3 is 15.6 Å². The van der Waals surface area contributed by atoms with Gasteiger partial charge in [-0.25, -0.2) is 0 Å². The fourth-order valence-electron chi connectivity index (χ4n) is 1.99. The molecule has 0 aromatic heterocycles. The highest BCUT2D eigenvalue weighted by atomic mass is 35.5. The van der Waals surface area contributed by atoms with E-state index in [1.165, 1.54) is 0 Å². The molecule has 0 amide bonds. The molecule has 1 unspecified atom stereocenters. The lowest BCUT2D eigenvalue weighted by molar-refractivity contribution is -0.0262. The van der Waals surface area contributed by atoms with Gasteiger partial charge in [-0.3, -0.25) is 4.90 Å². The predicted molar refractivity (Wildman–Crippen MR) is 67.2 cm³/mol. The number of phenols is 1. The average Bonchev–Trinajstić information content (AvgIpc) is 2.34. The highest BCUT2D eigenvalue weighted by Gasteiger charge is 2.20. The Kier molecular flexibility index (Phi) is 4.23. The maximum absolute atomic E-state index is 9.75. The number of rotatable bonds is 3. The van der Waals surface area contributed by atoms with Crippen LogP contribution in [0.1, 0.15) is 5.56 Å². The van der Waals surface area contributed by atoms with Crippen LogP contribution in [0, 0.1) is 0 Å². The van der Waals surface area contributed by atoms with E-state index in [4.69, 9.17) is 22.1 Å². The fourth-order valence-corrected chi connectivity index (χ4v) is 2.18. The molecule has 0 saturated carbocycles. The van der Waals surface area contributed by atoms with E-state index in [0.29, 0.717) is 24.7 Å². The van der Waals surface area contributed by atoms with Crippen molar-refractivity contribution < 1.29 is 9.84 Å². The van der Waals surface area contributed by atoms with Crippen molar-refractivity contribution in [2.75, 3.05) is 26.2 Å². The van der Waals surface area contributed by atoms with Gasteiger partial charge in [-0.1, -0.05) is 11.6 Å². The summed E-state index contributed by atoms with van der Waals surface area (Å²) in [5, 5.41) is 10.4. The summed E-state index contributed by atoms with van der Waals surface area (Å²) in [4.78, 5) is 2.21. The molecule has 1 fully saturated rings. The number of morpholine rings is 1. The van der Waals surface area contributed by atoms with Crippen molar-refractivity contribution in [3.63, 3.8) is 0 Å². The molecule has 1 atom stereocenters. The summed E-state index contributed by atoms with van der Waals surface area (Å²) in [6.07, 6.45) is 0.0880. The standard InChI is InChI=1S/C12H17ClN2O2/c13-10-1-2-12(16)9(5-10)7-15-3-4-17-11(6-14)8-15/h1-2,5,11,16H,3-4,6-8,14H2. The third kappa shape index (κ3) is 3.33. The van der Waals surface area contributed by atoms with Crippen molar-refractivity contribution in [3.05, 3.63) is 28.8 Å². The van der Waals surface area contributed by atoms with Crippen molar-refractivity contribution >= 4 is 11.6 Å². The second kappa shape index (κ2) is 5.69. The van der Waals surface area contributed by atoms with Crippen LogP contribution in [0.2, 0.25) is 5.02 Å². The Balaban J connectivity index is 2.02. The Morgan fingerprint density at radius 1 is 1.53 bits per heavy atom. The molecule has 1 aromatic carbocycles. The molecule has 4 nitrogen and oxygen atoms in total. The first-order valence-corrected chi connectivity index (χ1v) is 6.08. The summed E-state index contributed by atoms with van der Waals surface area (Å²) >= 11 is 5.92. The molecule has 1 saturated heterocycles. The zero-order valence-corrected chi connectivity index (χ0v) is 10.4. The van der Waals surface area contributed by atoms with Gasteiger partial charge in [-0.15, -0.1) is 0 Å². The number of aromatic hydroxyl groups is 1. The van der Waals surface area contributed by atoms with E-state index >= 15 is 0 Å². The smallest absolute Gasteiger partial charge is 0.120 e. The van der Waals surface area contributed by atoms with Crippen molar-refractivity contribution in [3.8, 4) is 5.75 Å². The Morgan fingerprint density at radius 3 is 3.12 bits per heavy atom. The second-order valence-corrected chi connectivity index (χ2v) is 4.67. The summed E-state index contributed by atoms with van der Waals surface area (Å²) in [5.41, 5.74) is 6.43. The molecule has 0 spiro atoms. The van der Waals surface area contributed by atoms with Crippen molar-refractivity contribution in [1.29, 1.82) is 0 Å². The Morgan fingerprint density at radius 2 is 2.35 bits per heavy atom. The number of hydrogen-bond acceptors (Lipinski definition) is 4. The quantitative estimate of drug-likeness (QED) is 0.854. The van der Waals surface area contributed by atoms with Gasteiger partial charge in [0, 0.05) is 36.8 Å². The van der Waals surface area contributed by atoms with E-state index in [2.05, 4.69) is 4.90 Å². The molecule has 0 bridgehead atoms. The van der Waals surface area contributed by atoms with Gasteiger partial charge in [0.2, 0.25) is 0 Å². The molecule has 5 heteroatoms. The van der Waals surface area contributed by atoms with Crippen LogP contribution in [0.4, 0.5) is 0 Å². The zero-order chi connectivity index (χ0) is 12.3. The molecule has 17 heavy (non-hydrogen) atoms. The fraction of sp³-hybridized carbons (Fsp3) is 0.500. The predicted octanol–water partition coefficient (Wildman–Crippen LogP) is 1.21. The normalized spacial score (nSPS) is 21.6. The number of nitrogens with two attached hydrogens (primary N) is 1. The van der Waals surface area contributed by atoms with Gasteiger partial charge in [-0.05, 0) is 18.2 Å². The molecule has 2 rings (SSSR count). The number of ether oxygens (including phenoxy) is 1. The van der Waals surface area contributed by atoms with Gasteiger partial charge in [0.05, 0.1) is 12.7 Å². The summed E-state index contributed by atoms with van der Waals surface area (Å²) in [6.45, 7) is 3.53. The van der Waals surface area contributed by atoms with E-state index in [9.17, 15) is 5.11 Å². The van der Waals surface area contributed by atoms with E-state index in [-0.39, 0.29) is 11.9 Å². The molecule has 1 aliphatic rings. The van der Waals surface area contributed by atoms with Crippen LogP contribution >= 0.6 is 11.6 Å². The molecule has 1 aliphatic heterocycles. The Hall–Kier alpha value is -0.810. The van der Waals surface area contributed by atoms with E-state index < -0.39 is 0 Å². The second-order valence-electron chi connectivity index (χ2n) is 4.24. The van der Waals surface area contributed by atoms with Crippen LogP contribution < -0.4 is 5.73 Å². The molecule has 94 valence electrons. The number of benzene rings is 1. The highest BCUT2D eigenvalue weighted by Crippen LogP contribution is 2.23. The van der Waals surface area contributed by atoms with Crippen molar-refractivity contribution in [2.24, 2.45) is 5.73 Å². The first kappa shape index (κ1) is 12.6. The summed E-state index contributed by atoms with van der Waals surface area (Å²) in [6, 6.07) is 5.10. The van der Waals surface area contributed by atoms with Gasteiger partial charge >= 0.3 is 0 Å². The van der Waals surface area contributed by atoms with E-state index in [1.807, 2.05) is 0 Å². The third-order valence-electron chi connectivity index (χ3n) is 2.92. The zero-order valence-electron chi connectivity index (χ0n) is 9.60. The van der Waals surface area contributed by atoms with Crippen LogP contribution in [0.25, 0.3) is 0 Å². The van der Waals surface area contributed by atoms with Gasteiger partial charge in [0.15, 0.2) is 0 Å². The molecular formula is C12H17ClN2O2. The lowest BCUT2D eigenvalue weighted by Crippen LogP contribution is -2.45. The van der Waals surface area contributed by atoms with Gasteiger partial charge in [-0.2, -0.15) is 0 Å². The number of hydrogen-bond donors (Lipinski definition) is 2. The highest BCUT2D eigenvalue weighted by molar-refractivity contribution is 6.30. The third-order valence-corrected chi connectivity index (χ3v) is 3.16. The summed E-state index contributed by atoms with van der Waals surface area (Å²) < 4.78 is 5.49. The molecule has 0 radical (unpaired) electrons. The summed E-state index contributed by atoms with van der Waals surface area (Å²) in [5.74, 6) is 0.283. The van der Waals surface area contributed by atoms with E-state index in [0.717, 1.165) is 18.7 Å². The number of nitrogens with zero attached hydrogens (tertiary/aromatic N) is 1. The minimum absolute atomic E-state index is 0.0880. The van der Waals surface area contributed by atoms with Crippen LogP contribution in [-0.4, -0.2) is 42.4 Å². The molecule has 1 aromatic rings. The monoisotopic (exact) mass is 256 g/mol. The Bertz CT molecular complexity index is 387. The molecule has 0 aliphatic carbocycles. The maximum Gasteiger partial charge on any atom is 0.120 e. The number of phenolic OH excluding ortho intramolecular Hbond substituents is 1. The van der Waals surface area contributed by atoms with E-state index in [1.54, 1.807) is 18.2 Å². The minimum atomic E-state index is 0.0880. The maximum atomic E-state index is 9.75. The molecule has 1 heterocycles. The minimum Gasteiger partial charge on any atom is -0.508 e. The number of halogens is 1. The topological polar surface area (TPSA) is 58.7 Å². The van der Waals surface area contributed by atoms with Gasteiger partial charge in [0.1, 0.15) is 5.75 Å². The molecular weight excluding hydrogens is 240 g/mol. The molecule has 3 N–H and O–H groups in total. The van der Waals surface area contributed by atoms with Crippen LogP contribution in [-0.2, 0) is 11.3 Å². The first-order chi connectivity index (χ1) is 8.19. The lowest BCUT2D eigenvalue weighted by Gasteiger charge is -2.32. The van der Waals surface area contributed by atoms with Crippen LogP contribution in [0.3, 0.4) is 0 Å². The average molecular weight is 257 g/mol. The summed E-state index contributed by atoms with van der Waals surface area (Å²) in [7, 11) is 0. The van der Waals surface area contributed by atoms with Crippen LogP contribution in [0.15, 0.2) is 18.2 Å². The van der Waals surface area contributed by atoms with Crippen molar-refractivity contribution in [1.82, 2.24) is 4.90 Å². The van der Waals surface area contributed by atoms with Gasteiger partial charge in [0.25, 0.3) is 0 Å². The Labute approximate surface area is 106 Å². The lowest BCUT2D eigenvalue weighted by atomic mass is 10.1. The van der Waals surface area contributed by atoms with Crippen LogP contribution in [0.5, 0.6) is 5.75 Å².